The highest BCUT2D eigenvalue weighted by atomic mass is 16.5. The van der Waals surface area contributed by atoms with Crippen molar-refractivity contribution in [3.8, 4) is 0 Å². The van der Waals surface area contributed by atoms with Gasteiger partial charge in [-0.2, -0.15) is 0 Å². The van der Waals surface area contributed by atoms with Gasteiger partial charge in [0, 0.05) is 7.11 Å². The second-order valence-corrected chi connectivity index (χ2v) is 4.96. The summed E-state index contributed by atoms with van der Waals surface area (Å²) in [7, 11) is 1.65. The number of nitrogens with one attached hydrogen (secondary N) is 1. The van der Waals surface area contributed by atoms with Gasteiger partial charge in [0.2, 0.25) is 0 Å². The van der Waals surface area contributed by atoms with Crippen molar-refractivity contribution in [1.29, 1.82) is 0 Å². The maximum atomic E-state index is 11.6. The number of carbonyl (C=O) groups is 1. The summed E-state index contributed by atoms with van der Waals surface area (Å²) in [5.41, 5.74) is 7.44. The van der Waals surface area contributed by atoms with Crippen LogP contribution in [0.3, 0.4) is 0 Å². The van der Waals surface area contributed by atoms with Gasteiger partial charge in [0.15, 0.2) is 0 Å². The number of hydrogen-bond donors (Lipinski definition) is 2. The largest absolute Gasteiger partial charge is 0.462 e. The van der Waals surface area contributed by atoms with E-state index in [4.69, 9.17) is 15.2 Å². The van der Waals surface area contributed by atoms with Crippen LogP contribution in [0.25, 0.3) is 0 Å². The molecule has 0 radical (unpaired) electrons. The molecule has 19 heavy (non-hydrogen) atoms. The standard InChI is InChI=1S/C14H22N2O3/c1-5-19-13(17)10-6-7-12(11(15)8-10)16-14(2,3)9-18-4/h6-8,16H,5,9,15H2,1-4H3. The average molecular weight is 266 g/mol. The van der Waals surface area contributed by atoms with Crippen molar-refractivity contribution in [1.82, 2.24) is 0 Å². The Kier molecular flexibility index (Phi) is 5.18. The van der Waals surface area contributed by atoms with E-state index in [0.717, 1.165) is 5.69 Å². The van der Waals surface area contributed by atoms with Crippen LogP contribution in [0.4, 0.5) is 11.4 Å². The Morgan fingerprint density at radius 1 is 1.42 bits per heavy atom. The number of ether oxygens (including phenoxy) is 2. The molecule has 0 spiro atoms. The highest BCUT2D eigenvalue weighted by Crippen LogP contribution is 2.24. The summed E-state index contributed by atoms with van der Waals surface area (Å²) in [6.07, 6.45) is 0. The lowest BCUT2D eigenvalue weighted by Crippen LogP contribution is -2.36. The summed E-state index contributed by atoms with van der Waals surface area (Å²) in [6.45, 7) is 6.68. The minimum absolute atomic E-state index is 0.242. The Morgan fingerprint density at radius 3 is 2.63 bits per heavy atom. The van der Waals surface area contributed by atoms with Crippen LogP contribution in [0, 0.1) is 0 Å². The third-order valence-electron chi connectivity index (χ3n) is 2.54. The van der Waals surface area contributed by atoms with Crippen LogP contribution >= 0.6 is 0 Å². The number of anilines is 2. The minimum Gasteiger partial charge on any atom is -0.462 e. The molecule has 0 amide bonds. The molecular weight excluding hydrogens is 244 g/mol. The van der Waals surface area contributed by atoms with E-state index in [-0.39, 0.29) is 11.5 Å². The van der Waals surface area contributed by atoms with E-state index in [9.17, 15) is 4.79 Å². The molecule has 0 bridgehead atoms. The van der Waals surface area contributed by atoms with Crippen LogP contribution in [-0.4, -0.2) is 31.8 Å². The van der Waals surface area contributed by atoms with Crippen molar-refractivity contribution in [2.24, 2.45) is 0 Å². The molecule has 0 fully saturated rings. The molecule has 0 aliphatic rings. The Labute approximate surface area is 114 Å². The van der Waals surface area contributed by atoms with Gasteiger partial charge in [0.05, 0.1) is 35.7 Å². The van der Waals surface area contributed by atoms with Gasteiger partial charge in [-0.05, 0) is 39.0 Å². The number of esters is 1. The van der Waals surface area contributed by atoms with Gasteiger partial charge in [-0.3, -0.25) is 0 Å². The molecular formula is C14H22N2O3. The van der Waals surface area contributed by atoms with Gasteiger partial charge in [0.1, 0.15) is 0 Å². The predicted molar refractivity (Wildman–Crippen MR) is 76.4 cm³/mol. The van der Waals surface area contributed by atoms with Crippen molar-refractivity contribution in [2.45, 2.75) is 26.3 Å². The fourth-order valence-electron chi connectivity index (χ4n) is 1.78. The molecule has 1 aromatic rings. The second-order valence-electron chi connectivity index (χ2n) is 4.96. The Balaban J connectivity index is 2.86. The minimum atomic E-state index is -0.364. The van der Waals surface area contributed by atoms with Gasteiger partial charge in [0.25, 0.3) is 0 Å². The Morgan fingerprint density at radius 2 is 2.11 bits per heavy atom. The number of hydrogen-bond acceptors (Lipinski definition) is 5. The number of rotatable bonds is 6. The molecule has 106 valence electrons. The second kappa shape index (κ2) is 6.43. The molecule has 0 aliphatic carbocycles. The smallest absolute Gasteiger partial charge is 0.338 e. The maximum absolute atomic E-state index is 11.6. The number of methoxy groups -OCH3 is 1. The van der Waals surface area contributed by atoms with E-state index in [2.05, 4.69) is 5.32 Å². The first-order chi connectivity index (χ1) is 8.89. The van der Waals surface area contributed by atoms with Crippen LogP contribution in [-0.2, 0) is 9.47 Å². The topological polar surface area (TPSA) is 73.6 Å². The van der Waals surface area contributed by atoms with Gasteiger partial charge >= 0.3 is 5.97 Å². The van der Waals surface area contributed by atoms with Crippen molar-refractivity contribution in [3.63, 3.8) is 0 Å². The normalized spacial score (nSPS) is 11.2. The lowest BCUT2D eigenvalue weighted by molar-refractivity contribution is 0.0526. The van der Waals surface area contributed by atoms with Crippen LogP contribution < -0.4 is 11.1 Å². The van der Waals surface area contributed by atoms with Crippen molar-refractivity contribution in [3.05, 3.63) is 23.8 Å². The summed E-state index contributed by atoms with van der Waals surface area (Å²) in [5.74, 6) is -0.364. The van der Waals surface area contributed by atoms with Gasteiger partial charge in [-0.25, -0.2) is 4.79 Å². The zero-order valence-electron chi connectivity index (χ0n) is 11.9. The predicted octanol–water partition coefficient (Wildman–Crippen LogP) is 2.28. The van der Waals surface area contributed by atoms with E-state index >= 15 is 0 Å². The molecule has 0 aromatic heterocycles. The summed E-state index contributed by atoms with van der Waals surface area (Å²) < 4.78 is 10.1. The fourth-order valence-corrected chi connectivity index (χ4v) is 1.78. The van der Waals surface area contributed by atoms with Gasteiger partial charge < -0.3 is 20.5 Å². The molecule has 1 rings (SSSR count). The van der Waals surface area contributed by atoms with Crippen molar-refractivity contribution >= 4 is 17.3 Å². The number of nitrogen functional groups attached to an aromatic ring is 1. The van der Waals surface area contributed by atoms with Crippen LogP contribution in [0.1, 0.15) is 31.1 Å². The van der Waals surface area contributed by atoms with Crippen molar-refractivity contribution in [2.75, 3.05) is 31.4 Å². The maximum Gasteiger partial charge on any atom is 0.338 e. The summed E-state index contributed by atoms with van der Waals surface area (Å²) >= 11 is 0. The van der Waals surface area contributed by atoms with E-state index in [1.807, 2.05) is 13.8 Å². The average Bonchev–Trinajstić information content (AvgIpc) is 2.31. The zero-order chi connectivity index (χ0) is 14.5. The molecule has 0 unspecified atom stereocenters. The number of nitrogens with two attached hydrogens (primary N) is 1. The lowest BCUT2D eigenvalue weighted by Gasteiger charge is -2.27. The molecule has 5 heteroatoms. The summed E-state index contributed by atoms with van der Waals surface area (Å²) in [5, 5.41) is 3.28. The summed E-state index contributed by atoms with van der Waals surface area (Å²) in [4.78, 5) is 11.6. The molecule has 0 saturated heterocycles. The highest BCUT2D eigenvalue weighted by molar-refractivity contribution is 5.92. The van der Waals surface area contributed by atoms with Gasteiger partial charge in [-0.15, -0.1) is 0 Å². The van der Waals surface area contributed by atoms with E-state index in [1.165, 1.54) is 0 Å². The quantitative estimate of drug-likeness (QED) is 0.610. The third-order valence-corrected chi connectivity index (χ3v) is 2.54. The van der Waals surface area contributed by atoms with Crippen molar-refractivity contribution < 1.29 is 14.3 Å². The third kappa shape index (κ3) is 4.44. The number of carbonyl (C=O) groups excluding carboxylic acids is 1. The molecule has 0 heterocycles. The fraction of sp³-hybridized carbons (Fsp3) is 0.500. The van der Waals surface area contributed by atoms with Crippen LogP contribution in [0.5, 0.6) is 0 Å². The molecule has 0 atom stereocenters. The summed E-state index contributed by atoms with van der Waals surface area (Å²) in [6, 6.07) is 5.09. The molecule has 0 aliphatic heterocycles. The SMILES string of the molecule is CCOC(=O)c1ccc(NC(C)(C)COC)c(N)c1. The molecule has 1 aromatic carbocycles. The Hall–Kier alpha value is -1.75. The highest BCUT2D eigenvalue weighted by Gasteiger charge is 2.18. The van der Waals surface area contributed by atoms with Crippen LogP contribution in [0.2, 0.25) is 0 Å². The molecule has 3 N–H and O–H groups in total. The van der Waals surface area contributed by atoms with Crippen LogP contribution in [0.15, 0.2) is 18.2 Å². The lowest BCUT2D eigenvalue weighted by atomic mass is 10.1. The van der Waals surface area contributed by atoms with E-state index < -0.39 is 0 Å². The first-order valence-electron chi connectivity index (χ1n) is 6.23. The molecule has 0 saturated carbocycles. The first kappa shape index (κ1) is 15.3. The monoisotopic (exact) mass is 266 g/mol. The van der Waals surface area contributed by atoms with E-state index in [0.29, 0.717) is 24.5 Å². The van der Waals surface area contributed by atoms with E-state index in [1.54, 1.807) is 32.2 Å². The first-order valence-corrected chi connectivity index (χ1v) is 6.23. The zero-order valence-corrected chi connectivity index (χ0v) is 11.9. The Bertz CT molecular complexity index is 444. The number of benzene rings is 1. The molecule has 5 nitrogen and oxygen atoms in total. The van der Waals surface area contributed by atoms with Gasteiger partial charge in [-0.1, -0.05) is 0 Å².